The largest absolute Gasteiger partial charge is 0.396 e. The molecule has 1 heterocycles. The zero-order chi connectivity index (χ0) is 13.1. The molecule has 0 aromatic rings. The Morgan fingerprint density at radius 3 is 2.18 bits per heavy atom. The van der Waals surface area contributed by atoms with Gasteiger partial charge < -0.3 is 10.0 Å². The molecule has 0 bridgehead atoms. The Morgan fingerprint density at radius 1 is 1.24 bits per heavy atom. The molecule has 1 fully saturated rings. The average molecular weight is 263 g/mol. The summed E-state index contributed by atoms with van der Waals surface area (Å²) in [7, 11) is -3.01. The lowest BCUT2D eigenvalue weighted by Crippen LogP contribution is -2.40. The zero-order valence-electron chi connectivity index (χ0n) is 11.1. The van der Waals surface area contributed by atoms with Crippen molar-refractivity contribution in [2.75, 3.05) is 32.0 Å². The van der Waals surface area contributed by atoms with Gasteiger partial charge in [0.2, 0.25) is 0 Å². The maximum Gasteiger partial charge on any atom is 0.156 e. The molecule has 0 spiro atoms. The maximum atomic E-state index is 11.9. The van der Waals surface area contributed by atoms with Gasteiger partial charge in [0.1, 0.15) is 0 Å². The van der Waals surface area contributed by atoms with Gasteiger partial charge in [-0.05, 0) is 52.6 Å². The lowest BCUT2D eigenvalue weighted by Gasteiger charge is -2.31. The van der Waals surface area contributed by atoms with Crippen LogP contribution in [0, 0.1) is 5.92 Å². The van der Waals surface area contributed by atoms with Crippen LogP contribution < -0.4 is 0 Å². The van der Waals surface area contributed by atoms with Gasteiger partial charge in [0, 0.05) is 13.2 Å². The summed E-state index contributed by atoms with van der Waals surface area (Å²) in [5.41, 5.74) is 0. The van der Waals surface area contributed by atoms with Crippen molar-refractivity contribution >= 4 is 9.84 Å². The highest BCUT2D eigenvalue weighted by molar-refractivity contribution is 7.92. The SMILES string of the molecule is CC(C)(C)S(=O)(=O)CCN1CCC(CO)CC1. The molecule has 0 unspecified atom stereocenters. The van der Waals surface area contributed by atoms with Gasteiger partial charge in [-0.1, -0.05) is 0 Å². The van der Waals surface area contributed by atoms with E-state index in [1.54, 1.807) is 20.8 Å². The topological polar surface area (TPSA) is 57.6 Å². The van der Waals surface area contributed by atoms with Crippen LogP contribution in [0.25, 0.3) is 0 Å². The second-order valence-electron chi connectivity index (χ2n) is 5.90. The number of likely N-dealkylation sites (tertiary alicyclic amines) is 1. The smallest absolute Gasteiger partial charge is 0.156 e. The van der Waals surface area contributed by atoms with Crippen LogP contribution in [0.3, 0.4) is 0 Å². The molecule has 102 valence electrons. The van der Waals surface area contributed by atoms with Gasteiger partial charge in [0.25, 0.3) is 0 Å². The van der Waals surface area contributed by atoms with Gasteiger partial charge in [-0.3, -0.25) is 0 Å². The highest BCUT2D eigenvalue weighted by Gasteiger charge is 2.29. The van der Waals surface area contributed by atoms with Crippen molar-refractivity contribution in [1.29, 1.82) is 0 Å². The number of aliphatic hydroxyl groups is 1. The molecule has 0 aromatic carbocycles. The molecule has 1 saturated heterocycles. The van der Waals surface area contributed by atoms with E-state index in [4.69, 9.17) is 5.11 Å². The summed E-state index contributed by atoms with van der Waals surface area (Å²) in [5.74, 6) is 0.644. The van der Waals surface area contributed by atoms with E-state index in [-0.39, 0.29) is 12.4 Å². The van der Waals surface area contributed by atoms with Gasteiger partial charge in [-0.2, -0.15) is 0 Å². The van der Waals surface area contributed by atoms with Crippen LogP contribution in [-0.4, -0.2) is 55.2 Å². The molecule has 0 atom stereocenters. The van der Waals surface area contributed by atoms with Gasteiger partial charge in [0.15, 0.2) is 9.84 Å². The minimum atomic E-state index is -3.01. The second kappa shape index (κ2) is 5.67. The normalized spacial score (nSPS) is 20.7. The summed E-state index contributed by atoms with van der Waals surface area (Å²) in [6.45, 7) is 7.95. The molecular weight excluding hydrogens is 238 g/mol. The first-order chi connectivity index (χ1) is 7.76. The lowest BCUT2D eigenvalue weighted by molar-refractivity contribution is 0.136. The van der Waals surface area contributed by atoms with E-state index in [1.807, 2.05) is 0 Å². The monoisotopic (exact) mass is 263 g/mol. The summed E-state index contributed by atoms with van der Waals surface area (Å²) < 4.78 is 23.2. The summed E-state index contributed by atoms with van der Waals surface area (Å²) in [6, 6.07) is 0. The van der Waals surface area contributed by atoms with E-state index in [0.29, 0.717) is 12.5 Å². The quantitative estimate of drug-likeness (QED) is 0.819. The Balaban J connectivity index is 2.38. The Bertz CT molecular complexity index is 324. The standard InChI is InChI=1S/C12H25NO3S/c1-12(2,3)17(15,16)9-8-13-6-4-11(10-14)5-7-13/h11,14H,4-10H2,1-3H3. The van der Waals surface area contributed by atoms with E-state index in [2.05, 4.69) is 4.90 Å². The number of rotatable bonds is 4. The van der Waals surface area contributed by atoms with Crippen LogP contribution in [0.4, 0.5) is 0 Å². The average Bonchev–Trinajstić information content (AvgIpc) is 2.25. The highest BCUT2D eigenvalue weighted by Crippen LogP contribution is 2.19. The van der Waals surface area contributed by atoms with Crippen molar-refractivity contribution in [3.8, 4) is 0 Å². The van der Waals surface area contributed by atoms with Crippen molar-refractivity contribution in [2.24, 2.45) is 5.92 Å². The highest BCUT2D eigenvalue weighted by atomic mass is 32.2. The van der Waals surface area contributed by atoms with E-state index < -0.39 is 14.6 Å². The van der Waals surface area contributed by atoms with Crippen LogP contribution in [0.5, 0.6) is 0 Å². The molecule has 0 aliphatic carbocycles. The van der Waals surface area contributed by atoms with E-state index in [9.17, 15) is 8.42 Å². The van der Waals surface area contributed by atoms with Crippen LogP contribution in [0.15, 0.2) is 0 Å². The third kappa shape index (κ3) is 4.23. The number of sulfone groups is 1. The molecule has 0 aromatic heterocycles. The fourth-order valence-corrected chi connectivity index (χ4v) is 3.06. The second-order valence-corrected chi connectivity index (χ2v) is 8.76. The third-order valence-electron chi connectivity index (χ3n) is 3.57. The lowest BCUT2D eigenvalue weighted by atomic mass is 9.98. The van der Waals surface area contributed by atoms with Gasteiger partial charge in [-0.25, -0.2) is 8.42 Å². The van der Waals surface area contributed by atoms with Gasteiger partial charge in [-0.15, -0.1) is 0 Å². The molecule has 1 N–H and O–H groups in total. The Hall–Kier alpha value is -0.130. The summed E-state index contributed by atoms with van der Waals surface area (Å²) >= 11 is 0. The van der Waals surface area contributed by atoms with Crippen LogP contribution >= 0.6 is 0 Å². The first kappa shape index (κ1) is 14.9. The minimum Gasteiger partial charge on any atom is -0.396 e. The van der Waals surface area contributed by atoms with E-state index in [0.717, 1.165) is 25.9 Å². The van der Waals surface area contributed by atoms with Crippen LogP contribution in [-0.2, 0) is 9.84 Å². The van der Waals surface area contributed by atoms with Crippen LogP contribution in [0.2, 0.25) is 0 Å². The van der Waals surface area contributed by atoms with Gasteiger partial charge >= 0.3 is 0 Å². The number of aliphatic hydroxyl groups excluding tert-OH is 1. The van der Waals surface area contributed by atoms with Crippen molar-refractivity contribution in [3.05, 3.63) is 0 Å². The fraction of sp³-hybridized carbons (Fsp3) is 1.00. The number of hydrogen-bond donors (Lipinski definition) is 1. The molecule has 1 aliphatic rings. The Kier molecular flexibility index (Phi) is 4.98. The summed E-state index contributed by atoms with van der Waals surface area (Å²) in [4.78, 5) is 2.19. The minimum absolute atomic E-state index is 0.236. The van der Waals surface area contributed by atoms with Crippen molar-refractivity contribution < 1.29 is 13.5 Å². The molecule has 0 radical (unpaired) electrons. The Labute approximate surface area is 105 Å². The molecule has 5 heteroatoms. The predicted octanol–water partition coefficient (Wildman–Crippen LogP) is 0.904. The van der Waals surface area contributed by atoms with E-state index >= 15 is 0 Å². The predicted molar refractivity (Wildman–Crippen MR) is 69.8 cm³/mol. The summed E-state index contributed by atoms with van der Waals surface area (Å²) in [6.07, 6.45) is 1.96. The first-order valence-corrected chi connectivity index (χ1v) is 7.97. The zero-order valence-corrected chi connectivity index (χ0v) is 12.0. The molecule has 0 amide bonds. The molecule has 4 nitrogen and oxygen atoms in total. The van der Waals surface area contributed by atoms with Gasteiger partial charge in [0.05, 0.1) is 10.5 Å². The molecular formula is C12H25NO3S. The number of nitrogens with zero attached hydrogens (tertiary/aromatic N) is 1. The van der Waals surface area contributed by atoms with E-state index in [1.165, 1.54) is 0 Å². The van der Waals surface area contributed by atoms with Crippen molar-refractivity contribution in [3.63, 3.8) is 0 Å². The first-order valence-electron chi connectivity index (χ1n) is 6.32. The third-order valence-corrected chi connectivity index (χ3v) is 6.16. The molecule has 1 rings (SSSR count). The maximum absolute atomic E-state index is 11.9. The number of piperidine rings is 1. The van der Waals surface area contributed by atoms with Crippen LogP contribution in [0.1, 0.15) is 33.6 Å². The van der Waals surface area contributed by atoms with Crippen molar-refractivity contribution in [2.45, 2.75) is 38.4 Å². The molecule has 1 aliphatic heterocycles. The fourth-order valence-electron chi connectivity index (χ4n) is 1.95. The Morgan fingerprint density at radius 2 is 1.76 bits per heavy atom. The van der Waals surface area contributed by atoms with Crippen molar-refractivity contribution in [1.82, 2.24) is 4.90 Å². The summed E-state index contributed by atoms with van der Waals surface area (Å²) in [5, 5.41) is 9.03. The molecule has 17 heavy (non-hydrogen) atoms. The molecule has 0 saturated carbocycles. The number of hydrogen-bond acceptors (Lipinski definition) is 4.